The van der Waals surface area contributed by atoms with Crippen molar-refractivity contribution in [2.24, 2.45) is 0 Å². The predicted molar refractivity (Wildman–Crippen MR) is 112 cm³/mol. The third kappa shape index (κ3) is 5.01. The Kier molecular flexibility index (Phi) is 7.34. The number of nitrogens with zero attached hydrogens (tertiary/aromatic N) is 3. The molecule has 2 heterocycles. The van der Waals surface area contributed by atoms with Crippen LogP contribution in [0.4, 0.5) is 24.8 Å². The number of pyridine rings is 1. The Hall–Kier alpha value is -3.14. The first kappa shape index (κ1) is 23.5. The number of aromatic nitrogens is 1. The number of amides is 1. The van der Waals surface area contributed by atoms with Crippen molar-refractivity contribution < 1.29 is 32.2 Å². The third-order valence-corrected chi connectivity index (χ3v) is 5.26. The van der Waals surface area contributed by atoms with E-state index in [4.69, 9.17) is 9.47 Å². The summed E-state index contributed by atoms with van der Waals surface area (Å²) in [7, 11) is 3.00. The van der Waals surface area contributed by atoms with Crippen molar-refractivity contribution in [1.82, 2.24) is 4.98 Å². The Morgan fingerprint density at radius 1 is 1.25 bits per heavy atom. The van der Waals surface area contributed by atoms with Crippen molar-refractivity contribution in [2.75, 3.05) is 43.7 Å². The third-order valence-electron chi connectivity index (χ3n) is 5.26. The summed E-state index contributed by atoms with van der Waals surface area (Å²) in [5, 5.41) is 0. The molecule has 3 rings (SSSR count). The Morgan fingerprint density at radius 3 is 2.56 bits per heavy atom. The predicted octanol–water partition coefficient (Wildman–Crippen LogP) is 3.07. The number of carbonyl (C=O) groups is 2. The molecular weight excluding hydrogens is 427 g/mol. The molecule has 1 fully saturated rings. The molecule has 0 saturated carbocycles. The summed E-state index contributed by atoms with van der Waals surface area (Å²) in [6, 6.07) is 4.73. The maximum Gasteiger partial charge on any atom is 0.228 e. The van der Waals surface area contributed by atoms with Crippen LogP contribution in [-0.2, 0) is 14.3 Å². The van der Waals surface area contributed by atoms with Gasteiger partial charge in [0.05, 0.1) is 13.2 Å². The zero-order chi connectivity index (χ0) is 23.4. The quantitative estimate of drug-likeness (QED) is 0.546. The molecule has 1 amide bonds. The number of hydrogen-bond acceptors (Lipinski definition) is 6. The van der Waals surface area contributed by atoms with Crippen LogP contribution in [0, 0.1) is 17.5 Å². The van der Waals surface area contributed by atoms with Crippen molar-refractivity contribution in [3.8, 4) is 5.75 Å². The number of benzene rings is 1. The summed E-state index contributed by atoms with van der Waals surface area (Å²) < 4.78 is 53.7. The van der Waals surface area contributed by atoms with Crippen molar-refractivity contribution in [1.29, 1.82) is 0 Å². The van der Waals surface area contributed by atoms with Crippen molar-refractivity contribution in [3.05, 3.63) is 47.3 Å². The van der Waals surface area contributed by atoms with Gasteiger partial charge in [-0.15, -0.1) is 0 Å². The second-order valence-electron chi connectivity index (χ2n) is 7.58. The van der Waals surface area contributed by atoms with Gasteiger partial charge in [0.25, 0.3) is 0 Å². The number of methoxy groups -OCH3 is 1. The van der Waals surface area contributed by atoms with Gasteiger partial charge in [-0.3, -0.25) is 9.69 Å². The minimum Gasteiger partial charge on any atom is -0.497 e. The van der Waals surface area contributed by atoms with Crippen LogP contribution in [0.5, 0.6) is 5.75 Å². The molecule has 2 unspecified atom stereocenters. The van der Waals surface area contributed by atoms with Gasteiger partial charge in [-0.1, -0.05) is 0 Å². The van der Waals surface area contributed by atoms with Crippen LogP contribution < -0.4 is 14.5 Å². The second-order valence-corrected chi connectivity index (χ2v) is 7.58. The summed E-state index contributed by atoms with van der Waals surface area (Å²) in [5.74, 6) is -3.47. The highest BCUT2D eigenvalue weighted by molar-refractivity contribution is 5.96. The molecular formula is C22H24F3N3O4. The first-order valence-electron chi connectivity index (χ1n) is 10.0. The van der Waals surface area contributed by atoms with Gasteiger partial charge in [-0.05, 0) is 19.1 Å². The molecule has 32 heavy (non-hydrogen) atoms. The largest absolute Gasteiger partial charge is 0.497 e. The molecule has 1 aliphatic rings. The lowest BCUT2D eigenvalue weighted by atomic mass is 9.97. The normalized spacial score (nSPS) is 16.9. The fourth-order valence-corrected chi connectivity index (χ4v) is 3.73. The molecule has 1 aromatic heterocycles. The molecule has 0 radical (unpaired) electrons. The second kappa shape index (κ2) is 9.99. The van der Waals surface area contributed by atoms with E-state index in [1.54, 1.807) is 18.9 Å². The zero-order valence-electron chi connectivity index (χ0n) is 18.0. The van der Waals surface area contributed by atoms with Gasteiger partial charge in [0.1, 0.15) is 36.1 Å². The van der Waals surface area contributed by atoms with E-state index in [0.717, 1.165) is 17.0 Å². The van der Waals surface area contributed by atoms with Crippen LogP contribution in [0.1, 0.15) is 24.8 Å². The van der Waals surface area contributed by atoms with E-state index in [1.165, 1.54) is 19.2 Å². The number of ether oxygens (including phenoxy) is 2. The van der Waals surface area contributed by atoms with Crippen LogP contribution in [0.3, 0.4) is 0 Å². The topological polar surface area (TPSA) is 72.0 Å². The van der Waals surface area contributed by atoms with Gasteiger partial charge in [-0.2, -0.15) is 0 Å². The Balaban J connectivity index is 1.82. The molecule has 0 N–H and O–H groups in total. The lowest BCUT2D eigenvalue weighted by Gasteiger charge is -2.24. The minimum atomic E-state index is -0.826. The van der Waals surface area contributed by atoms with Gasteiger partial charge in [0.15, 0.2) is 11.6 Å². The van der Waals surface area contributed by atoms with E-state index in [-0.39, 0.29) is 42.8 Å². The van der Waals surface area contributed by atoms with Crippen LogP contribution >= 0.6 is 0 Å². The summed E-state index contributed by atoms with van der Waals surface area (Å²) in [4.78, 5) is 30.1. The Morgan fingerprint density at radius 2 is 1.94 bits per heavy atom. The van der Waals surface area contributed by atoms with E-state index in [9.17, 15) is 22.8 Å². The van der Waals surface area contributed by atoms with Crippen LogP contribution in [0.25, 0.3) is 0 Å². The molecule has 1 aromatic carbocycles. The molecule has 0 aliphatic carbocycles. The van der Waals surface area contributed by atoms with Gasteiger partial charge in [0.2, 0.25) is 5.91 Å². The maximum atomic E-state index is 14.6. The SMILES string of the molecule is COc1cc(F)c(C2CC(=O)N(c3nc(N(C)CC(C)OCC=O)ccc3F)C2)c(F)c1. The van der Waals surface area contributed by atoms with Crippen molar-refractivity contribution in [3.63, 3.8) is 0 Å². The van der Waals surface area contributed by atoms with E-state index in [1.807, 2.05) is 0 Å². The first-order valence-corrected chi connectivity index (χ1v) is 10.0. The van der Waals surface area contributed by atoms with Crippen molar-refractivity contribution >= 4 is 23.8 Å². The van der Waals surface area contributed by atoms with Gasteiger partial charge < -0.3 is 19.2 Å². The molecule has 7 nitrogen and oxygen atoms in total. The van der Waals surface area contributed by atoms with Crippen LogP contribution in [0.15, 0.2) is 24.3 Å². The lowest BCUT2D eigenvalue weighted by molar-refractivity contribution is -0.117. The molecule has 10 heteroatoms. The first-order chi connectivity index (χ1) is 15.2. The minimum absolute atomic E-state index is 0.0275. The van der Waals surface area contributed by atoms with E-state index < -0.39 is 29.3 Å². The fraction of sp³-hybridized carbons (Fsp3) is 0.409. The van der Waals surface area contributed by atoms with Gasteiger partial charge >= 0.3 is 0 Å². The molecule has 0 bridgehead atoms. The number of likely N-dealkylation sites (N-methyl/N-ethyl adjacent to an activating group) is 1. The van der Waals surface area contributed by atoms with Crippen LogP contribution in [-0.4, -0.2) is 57.1 Å². The number of carbonyl (C=O) groups excluding carboxylic acids is 2. The molecule has 172 valence electrons. The average molecular weight is 451 g/mol. The summed E-state index contributed by atoms with van der Waals surface area (Å²) in [6.07, 6.45) is 0.173. The number of aldehydes is 1. The van der Waals surface area contributed by atoms with E-state index in [2.05, 4.69) is 4.98 Å². The summed E-state index contributed by atoms with van der Waals surface area (Å²) >= 11 is 0. The number of rotatable bonds is 9. The highest BCUT2D eigenvalue weighted by Crippen LogP contribution is 2.36. The van der Waals surface area contributed by atoms with E-state index >= 15 is 0 Å². The van der Waals surface area contributed by atoms with E-state index in [0.29, 0.717) is 18.6 Å². The smallest absolute Gasteiger partial charge is 0.228 e. The highest BCUT2D eigenvalue weighted by atomic mass is 19.1. The van der Waals surface area contributed by atoms with Gasteiger partial charge in [0, 0.05) is 50.2 Å². The summed E-state index contributed by atoms with van der Waals surface area (Å²) in [5.41, 5.74) is -0.239. The zero-order valence-corrected chi connectivity index (χ0v) is 18.0. The highest BCUT2D eigenvalue weighted by Gasteiger charge is 2.37. The average Bonchev–Trinajstić information content (AvgIpc) is 3.12. The standard InChI is InChI=1S/C22H24F3N3O4/c1-13(32-7-6-29)11-27(2)19-5-4-16(23)22(26-19)28-12-14(8-20(28)30)21-17(24)9-15(31-3)10-18(21)25/h4-6,9-10,13-14H,7-8,11-12H2,1-3H3. The number of hydrogen-bond donors (Lipinski definition) is 0. The Labute approximate surface area is 183 Å². The molecule has 1 aliphatic heterocycles. The number of anilines is 2. The molecule has 2 atom stereocenters. The van der Waals surface area contributed by atoms with Gasteiger partial charge in [-0.25, -0.2) is 18.2 Å². The molecule has 0 spiro atoms. The fourth-order valence-electron chi connectivity index (χ4n) is 3.73. The lowest BCUT2D eigenvalue weighted by Crippen LogP contribution is -2.31. The van der Waals surface area contributed by atoms with Crippen LogP contribution in [0.2, 0.25) is 0 Å². The number of halogens is 3. The van der Waals surface area contributed by atoms with Crippen molar-refractivity contribution in [2.45, 2.75) is 25.4 Å². The maximum absolute atomic E-state index is 14.6. The monoisotopic (exact) mass is 451 g/mol. The Bertz CT molecular complexity index is 981. The molecule has 2 aromatic rings. The summed E-state index contributed by atoms with van der Waals surface area (Å²) in [6.45, 7) is 1.98. The molecule has 1 saturated heterocycles.